The summed E-state index contributed by atoms with van der Waals surface area (Å²) in [5.41, 5.74) is 7.48. The van der Waals surface area contributed by atoms with Gasteiger partial charge in [0.05, 0.1) is 23.6 Å². The molecule has 156 valence electrons. The maximum atomic E-state index is 4.81. The van der Waals surface area contributed by atoms with E-state index >= 15 is 0 Å². The fourth-order valence-corrected chi connectivity index (χ4v) is 4.38. The van der Waals surface area contributed by atoms with Crippen LogP contribution in [0.2, 0.25) is 0 Å². The molecule has 6 rings (SSSR count). The number of nitrogens with zero attached hydrogens (tertiary/aromatic N) is 4. The van der Waals surface area contributed by atoms with Crippen LogP contribution in [0.15, 0.2) is 67.3 Å². The molecule has 5 aromatic rings. The molecule has 6 heteroatoms. The zero-order valence-electron chi connectivity index (χ0n) is 17.5. The maximum Gasteiger partial charge on any atom is 0.156 e. The Bertz CT molecular complexity index is 1460. The Balaban J connectivity index is 1.40. The highest BCUT2D eigenvalue weighted by atomic mass is 15.1. The summed E-state index contributed by atoms with van der Waals surface area (Å²) >= 11 is 0. The second-order valence-electron chi connectivity index (χ2n) is 8.13. The van der Waals surface area contributed by atoms with Crippen LogP contribution in [0.3, 0.4) is 0 Å². The molecular weight excluding hydrogens is 396 g/mol. The molecule has 0 bridgehead atoms. The van der Waals surface area contributed by atoms with Gasteiger partial charge in [-0.05, 0) is 55.1 Å². The number of benzene rings is 2. The van der Waals surface area contributed by atoms with E-state index in [1.54, 1.807) is 6.20 Å². The number of aromatic amines is 1. The van der Waals surface area contributed by atoms with Gasteiger partial charge in [-0.25, -0.2) is 15.0 Å². The molecular formula is C26H22N6. The lowest BCUT2D eigenvalue weighted by Gasteiger charge is -2.24. The van der Waals surface area contributed by atoms with E-state index in [1.165, 1.54) is 12.8 Å². The Morgan fingerprint density at radius 3 is 2.84 bits per heavy atom. The fourth-order valence-electron chi connectivity index (χ4n) is 4.38. The summed E-state index contributed by atoms with van der Waals surface area (Å²) in [5.74, 6) is 6.30. The zero-order chi connectivity index (χ0) is 21.3. The first-order chi connectivity index (χ1) is 15.8. The first-order valence-electron chi connectivity index (χ1n) is 10.9. The van der Waals surface area contributed by atoms with Gasteiger partial charge in [-0.1, -0.05) is 30.2 Å². The van der Waals surface area contributed by atoms with Crippen molar-refractivity contribution in [1.82, 2.24) is 29.8 Å². The number of H-pyrrole nitrogens is 1. The number of nitrogens with one attached hydrogen (secondary N) is 2. The van der Waals surface area contributed by atoms with E-state index in [2.05, 4.69) is 54.9 Å². The number of hydrogen-bond donors (Lipinski definition) is 2. The summed E-state index contributed by atoms with van der Waals surface area (Å²) in [6.07, 6.45) is 8.02. The molecule has 32 heavy (non-hydrogen) atoms. The van der Waals surface area contributed by atoms with Gasteiger partial charge in [-0.15, -0.1) is 0 Å². The molecule has 1 unspecified atom stereocenters. The van der Waals surface area contributed by atoms with Crippen molar-refractivity contribution < 1.29 is 0 Å². The lowest BCUT2D eigenvalue weighted by atomic mass is 10.1. The predicted molar refractivity (Wildman–Crippen MR) is 126 cm³/mol. The van der Waals surface area contributed by atoms with E-state index in [0.29, 0.717) is 11.7 Å². The molecule has 1 saturated heterocycles. The molecule has 0 amide bonds. The minimum atomic E-state index is 0.437. The van der Waals surface area contributed by atoms with Gasteiger partial charge < -0.3 is 14.9 Å². The van der Waals surface area contributed by atoms with Crippen LogP contribution >= 0.6 is 0 Å². The van der Waals surface area contributed by atoms with Crippen LogP contribution in [0.4, 0.5) is 0 Å². The van der Waals surface area contributed by atoms with Crippen molar-refractivity contribution in [3.05, 3.63) is 78.5 Å². The zero-order valence-corrected chi connectivity index (χ0v) is 17.5. The molecule has 2 N–H and O–H groups in total. The highest BCUT2D eigenvalue weighted by Gasteiger charge is 2.18. The van der Waals surface area contributed by atoms with Crippen LogP contribution < -0.4 is 5.32 Å². The summed E-state index contributed by atoms with van der Waals surface area (Å²) in [6, 6.07) is 16.8. The lowest BCUT2D eigenvalue weighted by Crippen LogP contribution is -2.31. The first kappa shape index (κ1) is 18.8. The van der Waals surface area contributed by atoms with Crippen LogP contribution in [0.25, 0.3) is 33.3 Å². The highest BCUT2D eigenvalue weighted by Crippen LogP contribution is 2.30. The molecule has 0 radical (unpaired) electrons. The number of hydrogen-bond acceptors (Lipinski definition) is 4. The molecule has 2 aromatic carbocycles. The fraction of sp³-hybridized carbons (Fsp3) is 0.192. The maximum absolute atomic E-state index is 4.81. The molecule has 0 spiro atoms. The van der Waals surface area contributed by atoms with Gasteiger partial charge in [-0.2, -0.15) is 0 Å². The molecule has 1 fully saturated rings. The van der Waals surface area contributed by atoms with Gasteiger partial charge in [0.25, 0.3) is 0 Å². The standard InChI is InChI=1S/C26H22N6/c1-2-5-18(6-3-1)8-10-20-14-28-26-25(31-20)22(16-29-26)19-9-11-23-24(13-19)32(17-30-23)21-7-4-12-27-15-21/h1-3,5-6,9,11,13-14,16-17,21,27H,4,7,12,15H2,(H,28,29). The highest BCUT2D eigenvalue weighted by molar-refractivity contribution is 5.93. The molecule has 0 saturated carbocycles. The number of imidazole rings is 1. The third-order valence-electron chi connectivity index (χ3n) is 6.04. The second-order valence-corrected chi connectivity index (χ2v) is 8.13. The van der Waals surface area contributed by atoms with E-state index in [4.69, 9.17) is 4.98 Å². The number of aromatic nitrogens is 5. The summed E-state index contributed by atoms with van der Waals surface area (Å²) in [4.78, 5) is 17.2. The second kappa shape index (κ2) is 7.95. The van der Waals surface area contributed by atoms with Crippen molar-refractivity contribution in [2.75, 3.05) is 13.1 Å². The van der Waals surface area contributed by atoms with Gasteiger partial charge in [0.2, 0.25) is 0 Å². The molecule has 4 heterocycles. The van der Waals surface area contributed by atoms with Crippen LogP contribution in [-0.2, 0) is 0 Å². The van der Waals surface area contributed by atoms with Crippen LogP contribution in [0, 0.1) is 11.8 Å². The average Bonchev–Trinajstić information content (AvgIpc) is 3.47. The van der Waals surface area contributed by atoms with Crippen LogP contribution in [-0.4, -0.2) is 37.6 Å². The predicted octanol–water partition coefficient (Wildman–Crippen LogP) is 4.30. The minimum absolute atomic E-state index is 0.437. The minimum Gasteiger partial charge on any atom is -0.344 e. The van der Waals surface area contributed by atoms with Crippen LogP contribution in [0.5, 0.6) is 0 Å². The van der Waals surface area contributed by atoms with Gasteiger partial charge in [0, 0.05) is 29.9 Å². The molecule has 3 aromatic heterocycles. The Morgan fingerprint density at radius 1 is 1.03 bits per heavy atom. The Hall–Kier alpha value is -3.95. The topological polar surface area (TPSA) is 71.4 Å². The summed E-state index contributed by atoms with van der Waals surface area (Å²) in [7, 11) is 0. The van der Waals surface area contributed by atoms with E-state index in [0.717, 1.165) is 52.0 Å². The average molecular weight is 419 g/mol. The SMILES string of the molecule is C(#Cc1cnc2[nH]cc(-c3ccc4ncn(C5CCCNC5)c4c3)c2n1)c1ccccc1. The molecule has 0 aliphatic carbocycles. The molecule has 1 aliphatic rings. The van der Waals surface area contributed by atoms with Crippen molar-refractivity contribution in [3.8, 4) is 23.0 Å². The van der Waals surface area contributed by atoms with Gasteiger partial charge in [0.1, 0.15) is 11.2 Å². The Labute approximate surface area is 185 Å². The van der Waals surface area contributed by atoms with Gasteiger partial charge in [-0.3, -0.25) is 0 Å². The third-order valence-corrected chi connectivity index (χ3v) is 6.04. The van der Waals surface area contributed by atoms with E-state index in [-0.39, 0.29) is 0 Å². The van der Waals surface area contributed by atoms with Crippen molar-refractivity contribution in [2.45, 2.75) is 18.9 Å². The summed E-state index contributed by atoms with van der Waals surface area (Å²) in [5, 5.41) is 3.50. The van der Waals surface area contributed by atoms with Gasteiger partial charge >= 0.3 is 0 Å². The molecule has 1 aliphatic heterocycles. The van der Waals surface area contributed by atoms with Crippen LogP contribution in [0.1, 0.15) is 30.1 Å². The normalized spacial score (nSPS) is 16.2. The van der Waals surface area contributed by atoms with Crippen molar-refractivity contribution in [2.24, 2.45) is 0 Å². The smallest absolute Gasteiger partial charge is 0.156 e. The third kappa shape index (κ3) is 3.43. The largest absolute Gasteiger partial charge is 0.344 e. The van der Waals surface area contributed by atoms with Crippen molar-refractivity contribution in [1.29, 1.82) is 0 Å². The summed E-state index contributed by atoms with van der Waals surface area (Å²) in [6.45, 7) is 2.08. The summed E-state index contributed by atoms with van der Waals surface area (Å²) < 4.78 is 2.31. The Morgan fingerprint density at radius 2 is 1.97 bits per heavy atom. The van der Waals surface area contributed by atoms with Crippen molar-refractivity contribution >= 4 is 22.2 Å². The quantitative estimate of drug-likeness (QED) is 0.419. The molecule has 1 atom stereocenters. The first-order valence-corrected chi connectivity index (χ1v) is 10.9. The van der Waals surface area contributed by atoms with E-state index < -0.39 is 0 Å². The van der Waals surface area contributed by atoms with E-state index in [9.17, 15) is 0 Å². The number of fused-ring (bicyclic) bond motifs is 2. The monoisotopic (exact) mass is 418 g/mol. The number of rotatable bonds is 2. The van der Waals surface area contributed by atoms with Gasteiger partial charge in [0.15, 0.2) is 5.65 Å². The Kier molecular flexibility index (Phi) is 4.67. The molecule has 6 nitrogen and oxygen atoms in total. The van der Waals surface area contributed by atoms with E-state index in [1.807, 2.05) is 42.9 Å². The lowest BCUT2D eigenvalue weighted by molar-refractivity contribution is 0.378. The number of piperidine rings is 1. The van der Waals surface area contributed by atoms with Crippen molar-refractivity contribution in [3.63, 3.8) is 0 Å².